The predicted molar refractivity (Wildman–Crippen MR) is 128 cm³/mol. The number of likely N-dealkylation sites (tertiary alicyclic amines) is 1. The molecule has 1 N–H and O–H groups in total. The molecule has 2 aromatic rings. The first kappa shape index (κ1) is 24.8. The molecule has 0 unspecified atom stereocenters. The number of amides is 1. The summed E-state index contributed by atoms with van der Waals surface area (Å²) >= 11 is 0. The van der Waals surface area contributed by atoms with E-state index in [0.717, 1.165) is 61.8 Å². The van der Waals surface area contributed by atoms with E-state index in [4.69, 9.17) is 4.74 Å². The number of rotatable bonds is 6. The number of carbonyl (C=O) groups excluding carboxylic acids is 2. The Morgan fingerprint density at radius 3 is 2.17 bits per heavy atom. The molecular formula is C28H31F3N2O3. The molecule has 0 radical (unpaired) electrons. The van der Waals surface area contributed by atoms with Crippen LogP contribution in [0.3, 0.4) is 0 Å². The van der Waals surface area contributed by atoms with Crippen LogP contribution in [-0.4, -0.2) is 36.0 Å². The quantitative estimate of drug-likeness (QED) is 0.538. The van der Waals surface area contributed by atoms with E-state index in [0.29, 0.717) is 12.1 Å². The monoisotopic (exact) mass is 500 g/mol. The summed E-state index contributed by atoms with van der Waals surface area (Å²) in [6, 6.07) is 12.2. The molecule has 3 fully saturated rings. The maximum atomic E-state index is 13.7. The molecule has 1 amide bonds. The molecule has 2 aromatic carbocycles. The number of piperidine rings is 1. The first-order valence-corrected chi connectivity index (χ1v) is 12.5. The third-order valence-corrected chi connectivity index (χ3v) is 8.20. The van der Waals surface area contributed by atoms with Crippen LogP contribution in [0.2, 0.25) is 0 Å². The van der Waals surface area contributed by atoms with Gasteiger partial charge in [0.15, 0.2) is 0 Å². The van der Waals surface area contributed by atoms with E-state index >= 15 is 0 Å². The molecule has 5 nitrogen and oxygen atoms in total. The van der Waals surface area contributed by atoms with Crippen LogP contribution in [0.5, 0.6) is 0 Å². The summed E-state index contributed by atoms with van der Waals surface area (Å²) in [4.78, 5) is 27.6. The fourth-order valence-electron chi connectivity index (χ4n) is 5.74. The molecule has 2 aliphatic carbocycles. The topological polar surface area (TPSA) is 58.6 Å². The summed E-state index contributed by atoms with van der Waals surface area (Å²) in [6.45, 7) is 2.54. The standard InChI is InChI=1S/C28H31F3N2O3/c1-18-15-26(11-12-26)16-23(33(18)17-19-3-7-22(8-4-19)28(29,30)31)24(34)32-27(13-14-27)21-9-5-20(6-10-21)25(35)36-2/h3-10,18,23H,11-17H2,1-2H3,(H,32,34)/t18-,23+/m0/s1. The van der Waals surface area contributed by atoms with E-state index in [9.17, 15) is 22.8 Å². The maximum absolute atomic E-state index is 13.7. The van der Waals surface area contributed by atoms with Gasteiger partial charge in [-0.1, -0.05) is 24.3 Å². The SMILES string of the molecule is COC(=O)c1ccc(C2(NC(=O)[C@H]3CC4(CC4)C[C@H](C)N3Cc3ccc(C(F)(F)F)cc3)CC2)cc1. The number of halogens is 3. The molecule has 1 aliphatic heterocycles. The van der Waals surface area contributed by atoms with E-state index < -0.39 is 23.2 Å². The Morgan fingerprint density at radius 1 is 1.00 bits per heavy atom. The van der Waals surface area contributed by atoms with Crippen molar-refractivity contribution in [3.8, 4) is 0 Å². The molecular weight excluding hydrogens is 469 g/mol. The highest BCUT2D eigenvalue weighted by Gasteiger charge is 2.54. The van der Waals surface area contributed by atoms with Gasteiger partial charge in [-0.05, 0) is 86.3 Å². The van der Waals surface area contributed by atoms with E-state index in [1.54, 1.807) is 12.1 Å². The molecule has 5 rings (SSSR count). The van der Waals surface area contributed by atoms with Gasteiger partial charge >= 0.3 is 12.1 Å². The Morgan fingerprint density at radius 2 is 1.64 bits per heavy atom. The molecule has 2 atom stereocenters. The third-order valence-electron chi connectivity index (χ3n) is 8.20. The minimum atomic E-state index is -4.37. The second-order valence-corrected chi connectivity index (χ2v) is 10.8. The van der Waals surface area contributed by atoms with Gasteiger partial charge in [-0.15, -0.1) is 0 Å². The molecule has 0 aromatic heterocycles. The van der Waals surface area contributed by atoms with Crippen molar-refractivity contribution in [2.45, 2.75) is 75.8 Å². The van der Waals surface area contributed by atoms with Gasteiger partial charge in [0.1, 0.15) is 0 Å². The minimum Gasteiger partial charge on any atom is -0.465 e. The zero-order chi connectivity index (χ0) is 25.7. The number of methoxy groups -OCH3 is 1. The molecule has 1 spiro atoms. The maximum Gasteiger partial charge on any atom is 0.416 e. The van der Waals surface area contributed by atoms with Gasteiger partial charge in [-0.3, -0.25) is 9.69 Å². The van der Waals surface area contributed by atoms with E-state index in [2.05, 4.69) is 17.1 Å². The highest BCUT2D eigenvalue weighted by molar-refractivity contribution is 5.89. The zero-order valence-electron chi connectivity index (χ0n) is 20.5. The summed E-state index contributed by atoms with van der Waals surface area (Å²) in [7, 11) is 1.34. The lowest BCUT2D eigenvalue weighted by Gasteiger charge is -2.44. The Labute approximate surface area is 209 Å². The van der Waals surface area contributed by atoms with Crippen LogP contribution < -0.4 is 5.32 Å². The van der Waals surface area contributed by atoms with Crippen LogP contribution >= 0.6 is 0 Å². The number of alkyl halides is 3. The zero-order valence-corrected chi connectivity index (χ0v) is 20.5. The lowest BCUT2D eigenvalue weighted by Crippen LogP contribution is -2.56. The smallest absolute Gasteiger partial charge is 0.416 e. The van der Waals surface area contributed by atoms with Gasteiger partial charge in [0.05, 0.1) is 29.8 Å². The van der Waals surface area contributed by atoms with Crippen molar-refractivity contribution >= 4 is 11.9 Å². The van der Waals surface area contributed by atoms with Gasteiger partial charge in [0.25, 0.3) is 0 Å². The van der Waals surface area contributed by atoms with Crippen LogP contribution in [0.1, 0.15) is 72.5 Å². The molecule has 1 heterocycles. The number of carbonyl (C=O) groups is 2. The van der Waals surface area contributed by atoms with Crippen molar-refractivity contribution in [1.82, 2.24) is 10.2 Å². The number of nitrogens with one attached hydrogen (secondary N) is 1. The van der Waals surface area contributed by atoms with Crippen molar-refractivity contribution in [2.24, 2.45) is 5.41 Å². The van der Waals surface area contributed by atoms with E-state index in [1.807, 2.05) is 12.1 Å². The van der Waals surface area contributed by atoms with Gasteiger partial charge in [-0.2, -0.15) is 13.2 Å². The van der Waals surface area contributed by atoms with Crippen molar-refractivity contribution in [2.75, 3.05) is 7.11 Å². The summed E-state index contributed by atoms with van der Waals surface area (Å²) < 4.78 is 43.8. The fraction of sp³-hybridized carbons (Fsp3) is 0.500. The Kier molecular flexibility index (Phi) is 6.14. The number of hydrogen-bond acceptors (Lipinski definition) is 4. The number of nitrogens with zero attached hydrogens (tertiary/aromatic N) is 1. The molecule has 36 heavy (non-hydrogen) atoms. The average molecular weight is 501 g/mol. The fourth-order valence-corrected chi connectivity index (χ4v) is 5.74. The number of hydrogen-bond donors (Lipinski definition) is 1. The second kappa shape index (κ2) is 8.91. The highest BCUT2D eigenvalue weighted by Crippen LogP contribution is 2.57. The van der Waals surface area contributed by atoms with E-state index in [1.165, 1.54) is 19.2 Å². The van der Waals surface area contributed by atoms with Crippen LogP contribution in [0.15, 0.2) is 48.5 Å². The Hall–Kier alpha value is -2.87. The minimum absolute atomic E-state index is 0.0331. The Balaban J connectivity index is 1.33. The highest BCUT2D eigenvalue weighted by atomic mass is 19.4. The molecule has 8 heteroatoms. The first-order chi connectivity index (χ1) is 17.0. The van der Waals surface area contributed by atoms with Crippen molar-refractivity contribution in [1.29, 1.82) is 0 Å². The van der Waals surface area contributed by atoms with Crippen LogP contribution in [0.25, 0.3) is 0 Å². The average Bonchev–Trinajstić information content (AvgIpc) is 3.78. The van der Waals surface area contributed by atoms with E-state index in [-0.39, 0.29) is 23.4 Å². The summed E-state index contributed by atoms with van der Waals surface area (Å²) in [5.74, 6) is -0.436. The van der Waals surface area contributed by atoms with Gasteiger partial charge in [0, 0.05) is 12.6 Å². The van der Waals surface area contributed by atoms with Crippen molar-refractivity contribution < 1.29 is 27.5 Å². The molecule has 192 valence electrons. The van der Waals surface area contributed by atoms with Gasteiger partial charge < -0.3 is 10.1 Å². The van der Waals surface area contributed by atoms with Crippen LogP contribution in [0.4, 0.5) is 13.2 Å². The normalized spacial score (nSPS) is 24.2. The van der Waals surface area contributed by atoms with Crippen LogP contribution in [0, 0.1) is 5.41 Å². The summed E-state index contributed by atoms with van der Waals surface area (Å²) in [6.07, 6.45) is 1.28. The van der Waals surface area contributed by atoms with Gasteiger partial charge in [-0.25, -0.2) is 4.79 Å². The third kappa shape index (κ3) is 4.88. The molecule has 2 saturated carbocycles. The number of benzene rings is 2. The lowest BCUT2D eigenvalue weighted by atomic mass is 9.82. The lowest BCUT2D eigenvalue weighted by molar-refractivity contribution is -0.137. The molecule has 0 bridgehead atoms. The second-order valence-electron chi connectivity index (χ2n) is 10.8. The molecule has 1 saturated heterocycles. The number of esters is 1. The van der Waals surface area contributed by atoms with Crippen LogP contribution in [-0.2, 0) is 27.8 Å². The number of ether oxygens (including phenoxy) is 1. The first-order valence-electron chi connectivity index (χ1n) is 12.5. The predicted octanol–water partition coefficient (Wildman–Crippen LogP) is 5.43. The van der Waals surface area contributed by atoms with Crippen molar-refractivity contribution in [3.63, 3.8) is 0 Å². The molecule has 3 aliphatic rings. The summed E-state index contributed by atoms with van der Waals surface area (Å²) in [5, 5.41) is 3.30. The Bertz CT molecular complexity index is 1140. The van der Waals surface area contributed by atoms with Gasteiger partial charge in [0.2, 0.25) is 5.91 Å². The van der Waals surface area contributed by atoms with Crippen molar-refractivity contribution in [3.05, 3.63) is 70.8 Å². The largest absolute Gasteiger partial charge is 0.465 e. The summed E-state index contributed by atoms with van der Waals surface area (Å²) in [5.41, 5.74) is 1.28.